The molecule has 1 aromatic heterocycles. The van der Waals surface area contributed by atoms with E-state index in [1.54, 1.807) is 11.1 Å². The Labute approximate surface area is 123 Å². The Morgan fingerprint density at radius 3 is 2.76 bits per heavy atom. The summed E-state index contributed by atoms with van der Waals surface area (Å²) in [7, 11) is 0. The van der Waals surface area contributed by atoms with Crippen molar-refractivity contribution in [3.8, 4) is 0 Å². The normalized spacial score (nSPS) is 22.7. The molecule has 3 N–H and O–H groups in total. The van der Waals surface area contributed by atoms with Crippen LogP contribution in [0.2, 0.25) is 0 Å². The summed E-state index contributed by atoms with van der Waals surface area (Å²) in [4.78, 5) is 29.3. The van der Waals surface area contributed by atoms with Gasteiger partial charge >= 0.3 is 6.03 Å². The van der Waals surface area contributed by atoms with Gasteiger partial charge in [-0.2, -0.15) is 0 Å². The van der Waals surface area contributed by atoms with Gasteiger partial charge in [0.2, 0.25) is 5.91 Å². The lowest BCUT2D eigenvalue weighted by Crippen LogP contribution is -2.48. The van der Waals surface area contributed by atoms with E-state index in [0.717, 1.165) is 25.2 Å². The van der Waals surface area contributed by atoms with E-state index in [0.29, 0.717) is 25.9 Å². The Morgan fingerprint density at radius 2 is 2.05 bits per heavy atom. The average molecular weight is 291 g/mol. The summed E-state index contributed by atoms with van der Waals surface area (Å²) >= 11 is 0. The molecule has 114 valence electrons. The molecular weight excluding hydrogens is 270 g/mol. The Hall–Kier alpha value is -2.05. The first-order valence-electron chi connectivity index (χ1n) is 7.48. The highest BCUT2D eigenvalue weighted by Crippen LogP contribution is 2.19. The Balaban J connectivity index is 1.50. The fraction of sp³-hybridized carbons (Fsp3) is 0.643. The predicted octanol–water partition coefficient (Wildman–Crippen LogP) is 0.105. The molecule has 21 heavy (non-hydrogen) atoms. The van der Waals surface area contributed by atoms with Gasteiger partial charge in [0.15, 0.2) is 0 Å². The topological polar surface area (TPSA) is 93.2 Å². The number of nitrogens with two attached hydrogens (primary N) is 1. The van der Waals surface area contributed by atoms with Gasteiger partial charge in [0.1, 0.15) is 5.82 Å². The van der Waals surface area contributed by atoms with E-state index < -0.39 is 6.03 Å². The van der Waals surface area contributed by atoms with Gasteiger partial charge in [-0.3, -0.25) is 4.79 Å². The second-order valence-corrected chi connectivity index (χ2v) is 5.84. The number of imidazole rings is 1. The van der Waals surface area contributed by atoms with E-state index >= 15 is 0 Å². The summed E-state index contributed by atoms with van der Waals surface area (Å²) < 4.78 is 2.10. The molecule has 2 aliphatic heterocycles. The van der Waals surface area contributed by atoms with Crippen molar-refractivity contribution in [2.45, 2.75) is 38.3 Å². The monoisotopic (exact) mass is 291 g/mol. The first-order chi connectivity index (χ1) is 10.1. The number of carbonyl (C=O) groups excluding carboxylic acids is 2. The van der Waals surface area contributed by atoms with Gasteiger partial charge in [0.05, 0.1) is 0 Å². The maximum absolute atomic E-state index is 12.3. The molecule has 0 saturated carbocycles. The number of hydrogen-bond acceptors (Lipinski definition) is 3. The summed E-state index contributed by atoms with van der Waals surface area (Å²) in [6, 6.07) is -0.220. The molecule has 0 spiro atoms. The van der Waals surface area contributed by atoms with Crippen LogP contribution in [0.1, 0.15) is 25.1 Å². The molecule has 2 aliphatic rings. The second-order valence-electron chi connectivity index (χ2n) is 5.84. The van der Waals surface area contributed by atoms with Crippen molar-refractivity contribution in [3.63, 3.8) is 0 Å². The first kappa shape index (κ1) is 13.9. The zero-order valence-electron chi connectivity index (χ0n) is 12.0. The molecule has 1 saturated heterocycles. The highest BCUT2D eigenvalue weighted by atomic mass is 16.2. The third-order valence-corrected chi connectivity index (χ3v) is 4.46. The van der Waals surface area contributed by atoms with Gasteiger partial charge in [-0.1, -0.05) is 0 Å². The number of fused-ring (bicyclic) bond motifs is 1. The number of hydrogen-bond donors (Lipinski definition) is 2. The molecule has 0 bridgehead atoms. The molecular formula is C14H21N5O2. The van der Waals surface area contributed by atoms with Crippen LogP contribution >= 0.6 is 0 Å². The van der Waals surface area contributed by atoms with Crippen molar-refractivity contribution in [3.05, 3.63) is 18.2 Å². The van der Waals surface area contributed by atoms with E-state index in [4.69, 9.17) is 5.73 Å². The number of carbonyl (C=O) groups is 2. The molecule has 7 nitrogen and oxygen atoms in total. The molecule has 0 aromatic carbocycles. The Kier molecular flexibility index (Phi) is 3.81. The van der Waals surface area contributed by atoms with Gasteiger partial charge in [-0.25, -0.2) is 9.78 Å². The molecule has 7 heteroatoms. The minimum absolute atomic E-state index is 0.00946. The maximum atomic E-state index is 12.3. The lowest BCUT2D eigenvalue weighted by molar-refractivity contribution is -0.127. The molecule has 3 heterocycles. The molecule has 0 radical (unpaired) electrons. The minimum atomic E-state index is -0.395. The van der Waals surface area contributed by atoms with E-state index in [1.807, 2.05) is 6.20 Å². The summed E-state index contributed by atoms with van der Waals surface area (Å²) in [5.74, 6) is 1.19. The van der Waals surface area contributed by atoms with Crippen LogP contribution in [0, 0.1) is 5.92 Å². The smallest absolute Gasteiger partial charge is 0.314 e. The van der Waals surface area contributed by atoms with Gasteiger partial charge in [0.25, 0.3) is 0 Å². The minimum Gasteiger partial charge on any atom is -0.351 e. The van der Waals surface area contributed by atoms with Crippen LogP contribution in [-0.2, 0) is 17.8 Å². The molecule has 0 unspecified atom stereocenters. The van der Waals surface area contributed by atoms with Crippen LogP contribution in [0.5, 0.6) is 0 Å². The highest BCUT2D eigenvalue weighted by Gasteiger charge is 2.28. The zero-order valence-corrected chi connectivity index (χ0v) is 12.0. The predicted molar refractivity (Wildman–Crippen MR) is 76.4 cm³/mol. The van der Waals surface area contributed by atoms with Crippen molar-refractivity contribution in [2.75, 3.05) is 13.1 Å². The van der Waals surface area contributed by atoms with Crippen molar-refractivity contribution >= 4 is 11.9 Å². The van der Waals surface area contributed by atoms with Gasteiger partial charge in [-0.05, 0) is 19.3 Å². The third-order valence-electron chi connectivity index (χ3n) is 4.46. The van der Waals surface area contributed by atoms with Crippen molar-refractivity contribution in [1.29, 1.82) is 0 Å². The number of amides is 3. The van der Waals surface area contributed by atoms with Crippen LogP contribution in [0.15, 0.2) is 12.4 Å². The summed E-state index contributed by atoms with van der Waals surface area (Å²) in [6.07, 6.45) is 6.98. The SMILES string of the molecule is NC(=O)N1CCC(C(=O)N[C@@H]2CCc3nccn3C2)CC1. The van der Waals surface area contributed by atoms with E-state index in [9.17, 15) is 9.59 Å². The van der Waals surface area contributed by atoms with Crippen LogP contribution < -0.4 is 11.1 Å². The number of nitrogens with one attached hydrogen (secondary N) is 1. The average Bonchev–Trinajstić information content (AvgIpc) is 2.95. The van der Waals surface area contributed by atoms with Crippen LogP contribution in [0.4, 0.5) is 4.79 Å². The fourth-order valence-corrected chi connectivity index (χ4v) is 3.17. The van der Waals surface area contributed by atoms with Crippen molar-refractivity contribution in [1.82, 2.24) is 19.8 Å². The lowest BCUT2D eigenvalue weighted by atomic mass is 9.95. The van der Waals surface area contributed by atoms with E-state index in [1.165, 1.54) is 0 Å². The molecule has 1 fully saturated rings. The van der Waals surface area contributed by atoms with Gasteiger partial charge in [0, 0.05) is 50.4 Å². The van der Waals surface area contributed by atoms with Gasteiger partial charge in [-0.15, -0.1) is 0 Å². The molecule has 1 atom stereocenters. The summed E-state index contributed by atoms with van der Waals surface area (Å²) in [5.41, 5.74) is 5.25. The number of likely N-dealkylation sites (tertiary alicyclic amines) is 1. The summed E-state index contributed by atoms with van der Waals surface area (Å²) in [6.45, 7) is 1.94. The van der Waals surface area contributed by atoms with Crippen LogP contribution in [0.3, 0.4) is 0 Å². The maximum Gasteiger partial charge on any atom is 0.314 e. The molecule has 3 rings (SSSR count). The fourth-order valence-electron chi connectivity index (χ4n) is 3.17. The number of piperidine rings is 1. The van der Waals surface area contributed by atoms with Crippen LogP contribution in [-0.4, -0.2) is 45.5 Å². The molecule has 1 aromatic rings. The Morgan fingerprint density at radius 1 is 1.29 bits per heavy atom. The van der Waals surface area contributed by atoms with Crippen molar-refractivity contribution < 1.29 is 9.59 Å². The molecule has 0 aliphatic carbocycles. The Bertz CT molecular complexity index is 533. The molecule has 3 amide bonds. The standard InChI is InChI=1S/C14H21N5O2/c15-14(21)18-6-3-10(4-7-18)13(20)17-11-1-2-12-16-5-8-19(12)9-11/h5,8,10-11H,1-4,6-7,9H2,(H2,15,21)(H,17,20)/t11-/m1/s1. The van der Waals surface area contributed by atoms with E-state index in [2.05, 4.69) is 14.9 Å². The third kappa shape index (κ3) is 3.01. The second kappa shape index (κ2) is 5.75. The van der Waals surface area contributed by atoms with E-state index in [-0.39, 0.29) is 17.9 Å². The number of nitrogens with zero attached hydrogens (tertiary/aromatic N) is 3. The number of aryl methyl sites for hydroxylation is 1. The summed E-state index contributed by atoms with van der Waals surface area (Å²) in [5, 5.41) is 3.14. The highest BCUT2D eigenvalue weighted by molar-refractivity contribution is 5.79. The zero-order chi connectivity index (χ0) is 14.8. The van der Waals surface area contributed by atoms with Gasteiger partial charge < -0.3 is 20.5 Å². The first-order valence-corrected chi connectivity index (χ1v) is 7.48. The van der Waals surface area contributed by atoms with Crippen LogP contribution in [0.25, 0.3) is 0 Å². The quantitative estimate of drug-likeness (QED) is 0.809. The number of primary amides is 1. The number of aromatic nitrogens is 2. The largest absolute Gasteiger partial charge is 0.351 e. The lowest BCUT2D eigenvalue weighted by Gasteiger charge is -2.32. The van der Waals surface area contributed by atoms with Crippen molar-refractivity contribution in [2.24, 2.45) is 11.7 Å². The number of urea groups is 1. The number of rotatable bonds is 2.